The van der Waals surface area contributed by atoms with Crippen LogP contribution in [0.3, 0.4) is 0 Å². The van der Waals surface area contributed by atoms with E-state index in [9.17, 15) is 9.18 Å². The van der Waals surface area contributed by atoms with Crippen LogP contribution in [0.2, 0.25) is 0 Å². The maximum atomic E-state index is 13.4. The van der Waals surface area contributed by atoms with Gasteiger partial charge in [0.25, 0.3) is 0 Å². The molecule has 2 aromatic rings. The zero-order valence-electron chi connectivity index (χ0n) is 10.6. The van der Waals surface area contributed by atoms with Crippen molar-refractivity contribution >= 4 is 17.0 Å². The number of halogens is 1. The summed E-state index contributed by atoms with van der Waals surface area (Å²) in [6.07, 6.45) is 0.588. The molecular formula is C13H15FN2O3. The number of para-hydroxylation sites is 1. The Balaban J connectivity index is 1.91. The molecule has 0 aliphatic rings. The van der Waals surface area contributed by atoms with Crippen LogP contribution in [-0.2, 0) is 20.7 Å². The van der Waals surface area contributed by atoms with Gasteiger partial charge in [0.1, 0.15) is 17.9 Å². The van der Waals surface area contributed by atoms with Crippen molar-refractivity contribution in [3.8, 4) is 0 Å². The molecule has 0 spiro atoms. The maximum Gasteiger partial charge on any atom is 0.306 e. The van der Waals surface area contributed by atoms with E-state index < -0.39 is 0 Å². The number of aryl methyl sites for hydroxylation is 1. The Labute approximate surface area is 109 Å². The Bertz CT molecular complexity index is 568. The monoisotopic (exact) mass is 266 g/mol. The highest BCUT2D eigenvalue weighted by Gasteiger charge is 2.09. The van der Waals surface area contributed by atoms with Gasteiger partial charge in [-0.2, -0.15) is 0 Å². The summed E-state index contributed by atoms with van der Waals surface area (Å²) >= 11 is 0. The first kappa shape index (κ1) is 13.5. The fraction of sp³-hybridized carbons (Fsp3) is 0.385. The minimum Gasteiger partial charge on any atom is -0.463 e. The van der Waals surface area contributed by atoms with Gasteiger partial charge in [0.05, 0.1) is 18.5 Å². The lowest BCUT2D eigenvalue weighted by Gasteiger charge is -2.02. The summed E-state index contributed by atoms with van der Waals surface area (Å²) in [6.45, 7) is 0.617. The molecule has 0 fully saturated rings. The lowest BCUT2D eigenvalue weighted by Crippen LogP contribution is -2.10. The van der Waals surface area contributed by atoms with Gasteiger partial charge >= 0.3 is 5.97 Å². The Hall–Kier alpha value is -1.95. The summed E-state index contributed by atoms with van der Waals surface area (Å²) in [5, 5.41) is 0. The SMILES string of the molecule is COCCOC(=O)CCc1nc2c(F)cccc2[nH]1. The van der Waals surface area contributed by atoms with Gasteiger partial charge in [-0.25, -0.2) is 9.37 Å². The third kappa shape index (κ3) is 3.51. The first-order valence-electron chi connectivity index (χ1n) is 5.98. The number of methoxy groups -OCH3 is 1. The van der Waals surface area contributed by atoms with Gasteiger partial charge in [-0.15, -0.1) is 0 Å². The van der Waals surface area contributed by atoms with E-state index in [1.54, 1.807) is 12.1 Å². The number of nitrogens with one attached hydrogen (secondary N) is 1. The maximum absolute atomic E-state index is 13.4. The van der Waals surface area contributed by atoms with Crippen molar-refractivity contribution in [3.63, 3.8) is 0 Å². The molecule has 0 amide bonds. The number of carbonyl (C=O) groups excluding carboxylic acids is 1. The predicted octanol–water partition coefficient (Wildman–Crippen LogP) is 1.82. The number of H-pyrrole nitrogens is 1. The summed E-state index contributed by atoms with van der Waals surface area (Å²) in [7, 11) is 1.54. The average molecular weight is 266 g/mol. The molecule has 6 heteroatoms. The summed E-state index contributed by atoms with van der Waals surface area (Å²) < 4.78 is 23.1. The van der Waals surface area contributed by atoms with E-state index in [1.807, 2.05) is 0 Å². The van der Waals surface area contributed by atoms with Crippen LogP contribution in [-0.4, -0.2) is 36.3 Å². The van der Waals surface area contributed by atoms with E-state index in [0.29, 0.717) is 29.9 Å². The third-order valence-electron chi connectivity index (χ3n) is 2.63. The summed E-state index contributed by atoms with van der Waals surface area (Å²) in [5.74, 6) is -0.121. The molecule has 19 heavy (non-hydrogen) atoms. The Morgan fingerprint density at radius 2 is 2.26 bits per heavy atom. The second kappa shape index (κ2) is 6.29. The number of nitrogens with zero attached hydrogens (tertiary/aromatic N) is 1. The van der Waals surface area contributed by atoms with Crippen molar-refractivity contribution in [1.29, 1.82) is 0 Å². The van der Waals surface area contributed by atoms with Crippen LogP contribution >= 0.6 is 0 Å². The molecule has 0 aliphatic carbocycles. The van der Waals surface area contributed by atoms with Crippen LogP contribution in [0.1, 0.15) is 12.2 Å². The first-order chi connectivity index (χ1) is 9.20. The summed E-state index contributed by atoms with van der Waals surface area (Å²) in [5.41, 5.74) is 0.924. The zero-order chi connectivity index (χ0) is 13.7. The van der Waals surface area contributed by atoms with Gasteiger partial charge in [0.2, 0.25) is 0 Å². The summed E-state index contributed by atoms with van der Waals surface area (Å²) in [6, 6.07) is 4.70. The normalized spacial score (nSPS) is 10.8. The fourth-order valence-electron chi connectivity index (χ4n) is 1.70. The number of fused-ring (bicyclic) bond motifs is 1. The number of hydrogen-bond donors (Lipinski definition) is 1. The minimum absolute atomic E-state index is 0.200. The van der Waals surface area contributed by atoms with Crippen molar-refractivity contribution in [2.45, 2.75) is 12.8 Å². The van der Waals surface area contributed by atoms with Gasteiger partial charge in [0, 0.05) is 13.5 Å². The molecule has 1 heterocycles. The van der Waals surface area contributed by atoms with E-state index in [4.69, 9.17) is 9.47 Å². The molecule has 0 aliphatic heterocycles. The molecule has 0 bridgehead atoms. The second-order valence-electron chi connectivity index (χ2n) is 4.03. The van der Waals surface area contributed by atoms with Gasteiger partial charge in [0.15, 0.2) is 5.82 Å². The zero-order valence-corrected chi connectivity index (χ0v) is 10.6. The Morgan fingerprint density at radius 3 is 3.00 bits per heavy atom. The smallest absolute Gasteiger partial charge is 0.306 e. The molecule has 1 aromatic heterocycles. The fourth-order valence-corrected chi connectivity index (χ4v) is 1.70. The van der Waals surface area contributed by atoms with Crippen LogP contribution in [0.5, 0.6) is 0 Å². The van der Waals surface area contributed by atoms with Crippen LogP contribution in [0.4, 0.5) is 4.39 Å². The van der Waals surface area contributed by atoms with E-state index in [2.05, 4.69) is 9.97 Å². The van der Waals surface area contributed by atoms with Gasteiger partial charge < -0.3 is 14.5 Å². The number of hydrogen-bond acceptors (Lipinski definition) is 4. The molecule has 0 saturated carbocycles. The molecule has 1 N–H and O–H groups in total. The molecule has 102 valence electrons. The van der Waals surface area contributed by atoms with Crippen molar-refractivity contribution in [3.05, 3.63) is 29.8 Å². The quantitative estimate of drug-likeness (QED) is 0.640. The van der Waals surface area contributed by atoms with Crippen molar-refractivity contribution in [1.82, 2.24) is 9.97 Å². The molecular weight excluding hydrogens is 251 g/mol. The highest BCUT2D eigenvalue weighted by Crippen LogP contribution is 2.15. The van der Waals surface area contributed by atoms with E-state index in [-0.39, 0.29) is 24.8 Å². The van der Waals surface area contributed by atoms with Crippen LogP contribution in [0.25, 0.3) is 11.0 Å². The number of benzene rings is 1. The molecule has 0 atom stereocenters. The summed E-state index contributed by atoms with van der Waals surface area (Å²) in [4.78, 5) is 18.5. The molecule has 5 nitrogen and oxygen atoms in total. The lowest BCUT2D eigenvalue weighted by molar-refractivity contribution is -0.144. The molecule has 2 rings (SSSR count). The van der Waals surface area contributed by atoms with Crippen molar-refractivity contribution < 1.29 is 18.7 Å². The molecule has 0 radical (unpaired) electrons. The topological polar surface area (TPSA) is 64.2 Å². The number of ether oxygens (including phenoxy) is 2. The second-order valence-corrected chi connectivity index (χ2v) is 4.03. The molecule has 0 unspecified atom stereocenters. The van der Waals surface area contributed by atoms with E-state index >= 15 is 0 Å². The standard InChI is InChI=1S/C13H15FN2O3/c1-18-7-8-19-12(17)6-5-11-15-10-4-2-3-9(14)13(10)16-11/h2-4H,5-8H2,1H3,(H,15,16). The average Bonchev–Trinajstić information content (AvgIpc) is 2.81. The van der Waals surface area contributed by atoms with E-state index in [0.717, 1.165) is 0 Å². The lowest BCUT2D eigenvalue weighted by atomic mass is 10.3. The number of aromatic nitrogens is 2. The number of aromatic amines is 1. The van der Waals surface area contributed by atoms with Crippen LogP contribution in [0, 0.1) is 5.82 Å². The molecule has 1 aromatic carbocycles. The van der Waals surface area contributed by atoms with Crippen molar-refractivity contribution in [2.75, 3.05) is 20.3 Å². The van der Waals surface area contributed by atoms with Crippen LogP contribution in [0.15, 0.2) is 18.2 Å². The van der Waals surface area contributed by atoms with Gasteiger partial charge in [-0.05, 0) is 12.1 Å². The Kier molecular flexibility index (Phi) is 4.46. The minimum atomic E-state index is -0.373. The Morgan fingerprint density at radius 1 is 1.42 bits per heavy atom. The van der Waals surface area contributed by atoms with Crippen molar-refractivity contribution in [2.24, 2.45) is 0 Å². The third-order valence-corrected chi connectivity index (χ3v) is 2.63. The van der Waals surface area contributed by atoms with Gasteiger partial charge in [-0.1, -0.05) is 6.07 Å². The molecule has 0 saturated heterocycles. The number of imidazole rings is 1. The van der Waals surface area contributed by atoms with Gasteiger partial charge in [-0.3, -0.25) is 4.79 Å². The number of rotatable bonds is 6. The first-order valence-corrected chi connectivity index (χ1v) is 5.98. The highest BCUT2D eigenvalue weighted by atomic mass is 19.1. The van der Waals surface area contributed by atoms with E-state index in [1.165, 1.54) is 13.2 Å². The predicted molar refractivity (Wildman–Crippen MR) is 67.2 cm³/mol. The van der Waals surface area contributed by atoms with Crippen LogP contribution < -0.4 is 0 Å². The highest BCUT2D eigenvalue weighted by molar-refractivity contribution is 5.76. The number of carbonyl (C=O) groups is 1. The number of esters is 1. The largest absolute Gasteiger partial charge is 0.463 e.